The maximum Gasteiger partial charge on any atom is 0.309 e. The van der Waals surface area contributed by atoms with E-state index in [1.807, 2.05) is 18.2 Å². The molecule has 25 heavy (non-hydrogen) atoms. The smallest absolute Gasteiger partial charge is 0.309 e. The third-order valence-corrected chi connectivity index (χ3v) is 4.12. The van der Waals surface area contributed by atoms with Crippen LogP contribution in [0.25, 0.3) is 0 Å². The summed E-state index contributed by atoms with van der Waals surface area (Å²) in [6.07, 6.45) is 1.53. The number of anilines is 1. The molecule has 1 aromatic carbocycles. The minimum Gasteiger partial charge on any atom is -0.495 e. The quantitative estimate of drug-likeness (QED) is 0.546. The molecule has 0 aromatic heterocycles. The van der Waals surface area contributed by atoms with Crippen LogP contribution in [0.4, 0.5) is 5.69 Å². The Labute approximate surface area is 148 Å². The number of hydrogen-bond acceptors (Lipinski definition) is 5. The zero-order valence-electron chi connectivity index (χ0n) is 14.7. The largest absolute Gasteiger partial charge is 0.495 e. The molecule has 2 N–H and O–H groups in total. The molecule has 0 atom stereocenters. The van der Waals surface area contributed by atoms with Crippen LogP contribution in [0, 0.1) is 0 Å². The van der Waals surface area contributed by atoms with Gasteiger partial charge in [-0.05, 0) is 12.1 Å². The lowest BCUT2D eigenvalue weighted by molar-refractivity contribution is -0.139. The molecule has 7 heteroatoms. The third kappa shape index (κ3) is 5.49. The van der Waals surface area contributed by atoms with Crippen molar-refractivity contribution in [3.05, 3.63) is 36.9 Å². The van der Waals surface area contributed by atoms with Gasteiger partial charge in [-0.15, -0.1) is 6.58 Å². The van der Waals surface area contributed by atoms with Gasteiger partial charge in [0.2, 0.25) is 0 Å². The van der Waals surface area contributed by atoms with E-state index in [0.717, 1.165) is 44.2 Å². The molecule has 2 rings (SSSR count). The lowest BCUT2D eigenvalue weighted by atomic mass is 10.2. The summed E-state index contributed by atoms with van der Waals surface area (Å²) in [7, 11) is 1.68. The number of carbonyl (C=O) groups is 2. The molecule has 0 spiro atoms. The molecule has 1 fully saturated rings. The molecule has 0 bridgehead atoms. The molecular weight excluding hydrogens is 320 g/mol. The Balaban J connectivity index is 1.71. The van der Waals surface area contributed by atoms with Crippen LogP contribution in [-0.2, 0) is 9.59 Å². The summed E-state index contributed by atoms with van der Waals surface area (Å²) in [5.74, 6) is -0.343. The van der Waals surface area contributed by atoms with Crippen molar-refractivity contribution < 1.29 is 14.3 Å². The molecule has 1 heterocycles. The fraction of sp³-hybridized carbons (Fsp3) is 0.444. The van der Waals surface area contributed by atoms with Gasteiger partial charge in [-0.2, -0.15) is 0 Å². The van der Waals surface area contributed by atoms with Gasteiger partial charge >= 0.3 is 11.8 Å². The number of ether oxygens (including phenoxy) is 1. The third-order valence-electron chi connectivity index (χ3n) is 4.12. The van der Waals surface area contributed by atoms with Crippen molar-refractivity contribution in [3.8, 4) is 5.75 Å². The average molecular weight is 346 g/mol. The number of piperazine rings is 1. The maximum atomic E-state index is 11.6. The molecule has 1 aliphatic heterocycles. The summed E-state index contributed by atoms with van der Waals surface area (Å²) in [6, 6.07) is 8.01. The number of nitrogens with zero attached hydrogens (tertiary/aromatic N) is 2. The maximum absolute atomic E-state index is 11.6. The predicted octanol–water partition coefficient (Wildman–Crippen LogP) is 0.236. The van der Waals surface area contributed by atoms with Crippen molar-refractivity contribution in [2.45, 2.75) is 0 Å². The van der Waals surface area contributed by atoms with Crippen molar-refractivity contribution in [2.75, 3.05) is 57.8 Å². The number of carbonyl (C=O) groups excluding carboxylic acids is 2. The highest BCUT2D eigenvalue weighted by Crippen LogP contribution is 2.28. The predicted molar refractivity (Wildman–Crippen MR) is 97.9 cm³/mol. The van der Waals surface area contributed by atoms with E-state index in [-0.39, 0.29) is 6.54 Å². The van der Waals surface area contributed by atoms with Crippen LogP contribution in [0.3, 0.4) is 0 Å². The summed E-state index contributed by atoms with van der Waals surface area (Å²) in [4.78, 5) is 27.6. The summed E-state index contributed by atoms with van der Waals surface area (Å²) in [6.45, 7) is 8.55. The van der Waals surface area contributed by atoms with Crippen molar-refractivity contribution in [3.63, 3.8) is 0 Å². The minimum atomic E-state index is -0.624. The van der Waals surface area contributed by atoms with Gasteiger partial charge in [-0.3, -0.25) is 14.5 Å². The monoisotopic (exact) mass is 346 g/mol. The normalized spacial score (nSPS) is 14.7. The Morgan fingerprint density at radius 2 is 1.84 bits per heavy atom. The highest BCUT2D eigenvalue weighted by molar-refractivity contribution is 6.35. The molecule has 0 unspecified atom stereocenters. The zero-order chi connectivity index (χ0) is 18.1. The topological polar surface area (TPSA) is 73.9 Å². The summed E-state index contributed by atoms with van der Waals surface area (Å²) >= 11 is 0. The zero-order valence-corrected chi connectivity index (χ0v) is 14.7. The molecule has 1 aliphatic rings. The van der Waals surface area contributed by atoms with E-state index in [1.165, 1.54) is 6.08 Å². The van der Waals surface area contributed by atoms with Crippen LogP contribution >= 0.6 is 0 Å². The number of hydrogen-bond donors (Lipinski definition) is 2. The first-order valence-corrected chi connectivity index (χ1v) is 8.43. The van der Waals surface area contributed by atoms with Crippen molar-refractivity contribution in [2.24, 2.45) is 0 Å². The number of methoxy groups -OCH3 is 1. The van der Waals surface area contributed by atoms with Gasteiger partial charge in [-0.25, -0.2) is 0 Å². The van der Waals surface area contributed by atoms with Gasteiger partial charge in [0, 0.05) is 45.8 Å². The first-order valence-electron chi connectivity index (χ1n) is 8.43. The van der Waals surface area contributed by atoms with Gasteiger partial charge < -0.3 is 20.3 Å². The van der Waals surface area contributed by atoms with Gasteiger partial charge in [0.05, 0.1) is 12.8 Å². The highest BCUT2D eigenvalue weighted by atomic mass is 16.5. The second-order valence-electron chi connectivity index (χ2n) is 5.76. The second kappa shape index (κ2) is 9.68. The number of benzene rings is 1. The van der Waals surface area contributed by atoms with E-state index < -0.39 is 11.8 Å². The highest BCUT2D eigenvalue weighted by Gasteiger charge is 2.19. The van der Waals surface area contributed by atoms with Crippen LogP contribution in [0.15, 0.2) is 36.9 Å². The van der Waals surface area contributed by atoms with Crippen molar-refractivity contribution >= 4 is 17.5 Å². The van der Waals surface area contributed by atoms with E-state index in [0.29, 0.717) is 6.54 Å². The summed E-state index contributed by atoms with van der Waals surface area (Å²) in [5, 5.41) is 5.09. The van der Waals surface area contributed by atoms with E-state index in [9.17, 15) is 9.59 Å². The van der Waals surface area contributed by atoms with Gasteiger partial charge in [-0.1, -0.05) is 18.2 Å². The number of para-hydroxylation sites is 2. The van der Waals surface area contributed by atoms with E-state index in [2.05, 4.69) is 33.1 Å². The Morgan fingerprint density at radius 1 is 1.16 bits per heavy atom. The second-order valence-corrected chi connectivity index (χ2v) is 5.76. The molecular formula is C18H26N4O3. The fourth-order valence-corrected chi connectivity index (χ4v) is 2.76. The summed E-state index contributed by atoms with van der Waals surface area (Å²) in [5.41, 5.74) is 1.11. The number of nitrogens with one attached hydrogen (secondary N) is 2. The standard InChI is InChI=1S/C18H26N4O3/c1-3-8-19-17(23)18(24)20-9-10-21-11-13-22(14-12-21)15-6-4-5-7-16(15)25-2/h3-7H,1,8-14H2,2H3,(H,19,23)(H,20,24). The van der Waals surface area contributed by atoms with Crippen LogP contribution < -0.4 is 20.3 Å². The van der Waals surface area contributed by atoms with Crippen LogP contribution in [0.1, 0.15) is 0 Å². The van der Waals surface area contributed by atoms with Crippen LogP contribution in [-0.4, -0.2) is 69.6 Å². The molecule has 2 amide bonds. The number of amides is 2. The first kappa shape index (κ1) is 18.8. The Hall–Kier alpha value is -2.54. The molecule has 1 aromatic rings. The SMILES string of the molecule is C=CCNC(=O)C(=O)NCCN1CCN(c2ccccc2OC)CC1. The minimum absolute atomic E-state index is 0.289. The molecule has 0 saturated carbocycles. The van der Waals surface area contributed by atoms with E-state index >= 15 is 0 Å². The van der Waals surface area contributed by atoms with Crippen LogP contribution in [0.2, 0.25) is 0 Å². The molecule has 7 nitrogen and oxygen atoms in total. The van der Waals surface area contributed by atoms with Gasteiger partial charge in [0.25, 0.3) is 0 Å². The van der Waals surface area contributed by atoms with Gasteiger partial charge in [0.1, 0.15) is 5.75 Å². The summed E-state index contributed by atoms with van der Waals surface area (Å²) < 4.78 is 5.42. The van der Waals surface area contributed by atoms with Crippen LogP contribution in [0.5, 0.6) is 5.75 Å². The Morgan fingerprint density at radius 3 is 2.52 bits per heavy atom. The van der Waals surface area contributed by atoms with E-state index in [4.69, 9.17) is 4.74 Å². The average Bonchev–Trinajstić information content (AvgIpc) is 2.66. The van der Waals surface area contributed by atoms with Crippen molar-refractivity contribution in [1.29, 1.82) is 0 Å². The van der Waals surface area contributed by atoms with Gasteiger partial charge in [0.15, 0.2) is 0 Å². The molecule has 1 saturated heterocycles. The Bertz CT molecular complexity index is 598. The van der Waals surface area contributed by atoms with E-state index in [1.54, 1.807) is 7.11 Å². The molecule has 0 radical (unpaired) electrons. The first-order chi connectivity index (χ1) is 12.2. The molecule has 136 valence electrons. The lowest BCUT2D eigenvalue weighted by Crippen LogP contribution is -2.49. The molecule has 0 aliphatic carbocycles. The number of rotatable bonds is 7. The van der Waals surface area contributed by atoms with Crippen molar-refractivity contribution in [1.82, 2.24) is 15.5 Å². The fourth-order valence-electron chi connectivity index (χ4n) is 2.76. The lowest BCUT2D eigenvalue weighted by Gasteiger charge is -2.36. The Kier molecular flexibility index (Phi) is 7.28.